The van der Waals surface area contributed by atoms with Crippen LogP contribution in [0.4, 0.5) is 22.7 Å². The number of likely N-dealkylation sites (N-methyl/N-ethyl adjacent to an activating group) is 1. The van der Waals surface area contributed by atoms with Gasteiger partial charge in [0, 0.05) is 43.3 Å². The van der Waals surface area contributed by atoms with Crippen molar-refractivity contribution in [1.82, 2.24) is 4.67 Å². The molecule has 0 unspecified atom stereocenters. The lowest BCUT2D eigenvalue weighted by molar-refractivity contribution is -0.383. The zero-order valence-corrected chi connectivity index (χ0v) is 24.1. The molecule has 2 aliphatic rings. The third-order valence-electron chi connectivity index (χ3n) is 7.89. The van der Waals surface area contributed by atoms with Crippen LogP contribution in [-0.2, 0) is 14.7 Å². The fourth-order valence-corrected chi connectivity index (χ4v) is 8.43. The number of ether oxygens (including phenoxy) is 1. The van der Waals surface area contributed by atoms with Gasteiger partial charge in [-0.25, -0.2) is 4.67 Å². The molecule has 1 amide bonds. The Labute approximate surface area is 231 Å². The lowest BCUT2D eigenvalue weighted by Crippen LogP contribution is -2.40. The van der Waals surface area contributed by atoms with Gasteiger partial charge in [-0.15, -0.1) is 11.3 Å². The second-order valence-corrected chi connectivity index (χ2v) is 13.7. The molecular weight excluding hydrogens is 537 g/mol. The molecule has 2 aromatic carbocycles. The lowest BCUT2D eigenvalue weighted by Gasteiger charge is -2.36. The summed E-state index contributed by atoms with van der Waals surface area (Å²) in [7, 11) is -1.76. The summed E-state index contributed by atoms with van der Waals surface area (Å²) in [4.78, 5) is 27.3. The van der Waals surface area contributed by atoms with Crippen LogP contribution in [0.25, 0.3) is 0 Å². The van der Waals surface area contributed by atoms with Crippen molar-refractivity contribution >= 4 is 52.7 Å². The highest BCUT2D eigenvalue weighted by Gasteiger charge is 2.44. The van der Waals surface area contributed by atoms with E-state index >= 15 is 4.57 Å². The fourth-order valence-electron chi connectivity index (χ4n) is 5.25. The minimum Gasteiger partial charge on any atom is -0.379 e. The normalized spacial score (nSPS) is 20.2. The molecule has 2 N–H and O–H groups in total. The molecule has 39 heavy (non-hydrogen) atoms. The SMILES string of the molecule is C[C@@H]1N(C)c2cc(NC(=O)c3cccs3)c([P@@](=O)(Nc3ccccc3[N+](=O)[O-])N3CCOCC3)cc2C1(C)C. The van der Waals surface area contributed by atoms with Crippen molar-refractivity contribution in [1.29, 1.82) is 0 Å². The largest absolute Gasteiger partial charge is 0.379 e. The first-order valence-corrected chi connectivity index (χ1v) is 15.3. The average Bonchev–Trinajstić information content (AvgIpc) is 3.52. The maximum absolute atomic E-state index is 15.4. The van der Waals surface area contributed by atoms with E-state index in [0.717, 1.165) is 11.3 Å². The molecule has 1 aromatic heterocycles. The van der Waals surface area contributed by atoms with Crippen molar-refractivity contribution in [2.45, 2.75) is 32.2 Å². The molecule has 0 saturated carbocycles. The summed E-state index contributed by atoms with van der Waals surface area (Å²) in [5.41, 5.74) is 2.05. The van der Waals surface area contributed by atoms with E-state index in [4.69, 9.17) is 4.74 Å². The second-order valence-electron chi connectivity index (χ2n) is 10.4. The smallest absolute Gasteiger partial charge is 0.292 e. The number of nitrogens with one attached hydrogen (secondary N) is 2. The molecule has 1 saturated heterocycles. The van der Waals surface area contributed by atoms with E-state index in [-0.39, 0.29) is 28.7 Å². The molecule has 2 aliphatic heterocycles. The summed E-state index contributed by atoms with van der Waals surface area (Å²) in [5, 5.41) is 20.2. The van der Waals surface area contributed by atoms with Crippen molar-refractivity contribution in [3.05, 3.63) is 74.5 Å². The van der Waals surface area contributed by atoms with Crippen molar-refractivity contribution in [3.63, 3.8) is 0 Å². The van der Waals surface area contributed by atoms with Crippen LogP contribution in [0.3, 0.4) is 0 Å². The van der Waals surface area contributed by atoms with Crippen LogP contribution in [-0.4, -0.2) is 54.9 Å². The number of hydrogen-bond donors (Lipinski definition) is 2. The summed E-state index contributed by atoms with van der Waals surface area (Å²) in [6.45, 7) is 7.88. The molecule has 3 aromatic rings. The van der Waals surface area contributed by atoms with Crippen molar-refractivity contribution < 1.29 is 19.0 Å². The van der Waals surface area contributed by atoms with Gasteiger partial charge in [-0.3, -0.25) is 19.5 Å². The molecule has 0 bridgehead atoms. The van der Waals surface area contributed by atoms with E-state index in [1.54, 1.807) is 35.0 Å². The number of para-hydroxylation sites is 2. The minimum absolute atomic E-state index is 0.148. The molecule has 0 aliphatic carbocycles. The first kappa shape index (κ1) is 27.3. The van der Waals surface area contributed by atoms with E-state index in [1.807, 2.05) is 24.6 Å². The molecular formula is C27H32N5O5PS. The average molecular weight is 570 g/mol. The third kappa shape index (κ3) is 4.84. The standard InChI is InChI=1S/C27H32N5O5PS/c1-18-27(2,3)19-16-24(21(17-23(19)30(18)4)28-26(33)25-10-7-15-39-25)38(36,31-11-13-37-14-12-31)29-20-8-5-6-9-22(20)32(34)35/h5-10,15-18H,11-14H2,1-4H3,(H,28,33)(H,29,36)/t18-,38+/m0/s1. The van der Waals surface area contributed by atoms with Gasteiger partial charge >= 0.3 is 0 Å². The van der Waals surface area contributed by atoms with Crippen LogP contribution in [0.1, 0.15) is 36.0 Å². The van der Waals surface area contributed by atoms with Gasteiger partial charge in [-0.2, -0.15) is 0 Å². The quantitative estimate of drug-likeness (QED) is 0.224. The number of fused-ring (bicyclic) bond motifs is 1. The van der Waals surface area contributed by atoms with Gasteiger partial charge < -0.3 is 20.0 Å². The van der Waals surface area contributed by atoms with Crippen LogP contribution >= 0.6 is 18.8 Å². The van der Waals surface area contributed by atoms with Crippen LogP contribution < -0.4 is 20.6 Å². The lowest BCUT2D eigenvalue weighted by atomic mass is 9.81. The van der Waals surface area contributed by atoms with Gasteiger partial charge in [0.2, 0.25) is 0 Å². The summed E-state index contributed by atoms with van der Waals surface area (Å²) in [6.07, 6.45) is 0. The van der Waals surface area contributed by atoms with E-state index in [0.29, 0.717) is 42.2 Å². The Balaban J connectivity index is 1.72. The molecule has 1 fully saturated rings. The number of nitro groups is 1. The highest BCUT2D eigenvalue weighted by molar-refractivity contribution is 7.71. The predicted octanol–water partition coefficient (Wildman–Crippen LogP) is 5.29. The number of carbonyl (C=O) groups is 1. The van der Waals surface area contributed by atoms with Gasteiger partial charge in [0.1, 0.15) is 5.69 Å². The molecule has 3 heterocycles. The monoisotopic (exact) mass is 569 g/mol. The topological polar surface area (TPSA) is 117 Å². The van der Waals surface area contributed by atoms with Gasteiger partial charge in [-0.05, 0) is 42.1 Å². The van der Waals surface area contributed by atoms with Gasteiger partial charge in [-0.1, -0.05) is 32.0 Å². The first-order valence-electron chi connectivity index (χ1n) is 12.8. The Morgan fingerprint density at radius 1 is 1.15 bits per heavy atom. The van der Waals surface area contributed by atoms with Crippen LogP contribution in [0, 0.1) is 10.1 Å². The van der Waals surface area contributed by atoms with Crippen molar-refractivity contribution in [2.24, 2.45) is 0 Å². The van der Waals surface area contributed by atoms with E-state index < -0.39 is 12.4 Å². The summed E-state index contributed by atoms with van der Waals surface area (Å²) >= 11 is 1.32. The number of rotatable bonds is 7. The van der Waals surface area contributed by atoms with Crippen LogP contribution in [0.5, 0.6) is 0 Å². The molecule has 5 rings (SSSR count). The van der Waals surface area contributed by atoms with Crippen molar-refractivity contribution in [3.8, 4) is 0 Å². The highest BCUT2D eigenvalue weighted by atomic mass is 32.1. The zero-order valence-electron chi connectivity index (χ0n) is 22.3. The number of morpholine rings is 1. The molecule has 10 nitrogen and oxygen atoms in total. The molecule has 12 heteroatoms. The van der Waals surface area contributed by atoms with E-state index in [2.05, 4.69) is 36.1 Å². The maximum Gasteiger partial charge on any atom is 0.292 e. The molecule has 0 radical (unpaired) electrons. The number of carbonyl (C=O) groups excluding carboxylic acids is 1. The third-order valence-corrected chi connectivity index (χ3v) is 11.5. The minimum atomic E-state index is -3.77. The molecule has 0 spiro atoms. The van der Waals surface area contributed by atoms with E-state index in [9.17, 15) is 14.9 Å². The summed E-state index contributed by atoms with van der Waals surface area (Å²) < 4.78 is 22.7. The Kier molecular flexibility index (Phi) is 7.28. The summed E-state index contributed by atoms with van der Waals surface area (Å²) in [5.74, 6) is -0.307. The van der Waals surface area contributed by atoms with E-state index in [1.165, 1.54) is 17.4 Å². The summed E-state index contributed by atoms with van der Waals surface area (Å²) in [6, 6.07) is 13.7. The zero-order chi connectivity index (χ0) is 27.9. The first-order chi connectivity index (χ1) is 18.5. The number of nitro benzene ring substituents is 1. The number of anilines is 3. The molecule has 2 atom stereocenters. The Morgan fingerprint density at radius 3 is 2.54 bits per heavy atom. The second kappa shape index (κ2) is 10.4. The number of benzene rings is 2. The fraction of sp³-hybridized carbons (Fsp3) is 0.370. The maximum atomic E-state index is 15.4. The van der Waals surface area contributed by atoms with Crippen molar-refractivity contribution in [2.75, 3.05) is 48.7 Å². The van der Waals surface area contributed by atoms with Gasteiger partial charge in [0.15, 0.2) is 0 Å². The van der Waals surface area contributed by atoms with Crippen LogP contribution in [0.2, 0.25) is 0 Å². The number of nitrogens with zero attached hydrogens (tertiary/aromatic N) is 3. The number of thiophene rings is 1. The van der Waals surface area contributed by atoms with Crippen LogP contribution in [0.15, 0.2) is 53.9 Å². The predicted molar refractivity (Wildman–Crippen MR) is 156 cm³/mol. The Morgan fingerprint density at radius 2 is 1.87 bits per heavy atom. The molecule has 206 valence electrons. The van der Waals surface area contributed by atoms with Gasteiger partial charge in [0.05, 0.1) is 34.0 Å². The Hall–Kier alpha value is -3.24. The Bertz CT molecular complexity index is 1450. The number of amides is 1. The number of hydrogen-bond acceptors (Lipinski definition) is 7. The highest BCUT2D eigenvalue weighted by Crippen LogP contribution is 2.54. The van der Waals surface area contributed by atoms with Gasteiger partial charge in [0.25, 0.3) is 19.0 Å².